The van der Waals surface area contributed by atoms with E-state index in [-0.39, 0.29) is 11.7 Å². The van der Waals surface area contributed by atoms with Gasteiger partial charge in [0.1, 0.15) is 11.1 Å². The van der Waals surface area contributed by atoms with Crippen LogP contribution in [0.25, 0.3) is 0 Å². The van der Waals surface area contributed by atoms with E-state index in [1.165, 1.54) is 11.8 Å². The van der Waals surface area contributed by atoms with Crippen molar-refractivity contribution in [2.45, 2.75) is 31.8 Å². The quantitative estimate of drug-likeness (QED) is 0.828. The lowest BCUT2D eigenvalue weighted by Crippen LogP contribution is -2.24. The summed E-state index contributed by atoms with van der Waals surface area (Å²) in [6.45, 7) is 4.49. The van der Waals surface area contributed by atoms with Crippen molar-refractivity contribution in [1.29, 1.82) is 5.26 Å². The molecule has 1 N–H and O–H groups in total. The van der Waals surface area contributed by atoms with Gasteiger partial charge in [-0.15, -0.1) is 0 Å². The number of nitrogens with one attached hydrogen (secondary N) is 1. The SMILES string of the molecule is CCc1nc(SCC(=O)NCc2ccccc2)c(C#N)cc1C. The van der Waals surface area contributed by atoms with Crippen LogP contribution < -0.4 is 5.32 Å². The van der Waals surface area contributed by atoms with E-state index in [0.717, 1.165) is 23.2 Å². The maximum Gasteiger partial charge on any atom is 0.230 e. The number of rotatable bonds is 6. The Morgan fingerprint density at radius 1 is 1.35 bits per heavy atom. The monoisotopic (exact) mass is 325 g/mol. The smallest absolute Gasteiger partial charge is 0.230 e. The Labute approximate surface area is 140 Å². The molecule has 118 valence electrons. The van der Waals surface area contributed by atoms with E-state index >= 15 is 0 Å². The largest absolute Gasteiger partial charge is 0.351 e. The first kappa shape index (κ1) is 17.0. The number of pyridine rings is 1. The summed E-state index contributed by atoms with van der Waals surface area (Å²) in [5, 5.41) is 12.7. The molecular formula is C18H19N3OS. The molecule has 5 heteroatoms. The minimum atomic E-state index is -0.0665. The predicted molar refractivity (Wildman–Crippen MR) is 92.1 cm³/mol. The van der Waals surface area contributed by atoms with E-state index in [9.17, 15) is 10.1 Å². The third kappa shape index (κ3) is 4.83. The molecule has 0 unspecified atom stereocenters. The normalized spacial score (nSPS) is 10.1. The van der Waals surface area contributed by atoms with Gasteiger partial charge in [0, 0.05) is 12.2 Å². The molecule has 1 aromatic heterocycles. The van der Waals surface area contributed by atoms with Gasteiger partial charge in [-0.1, -0.05) is 49.0 Å². The van der Waals surface area contributed by atoms with Crippen LogP contribution in [0.4, 0.5) is 0 Å². The van der Waals surface area contributed by atoms with E-state index < -0.39 is 0 Å². The maximum absolute atomic E-state index is 12.0. The van der Waals surface area contributed by atoms with Gasteiger partial charge >= 0.3 is 0 Å². The van der Waals surface area contributed by atoms with Crippen molar-refractivity contribution in [3.63, 3.8) is 0 Å². The van der Waals surface area contributed by atoms with Crippen molar-refractivity contribution >= 4 is 17.7 Å². The number of aryl methyl sites for hydroxylation is 2. The van der Waals surface area contributed by atoms with Crippen LogP contribution in [0.5, 0.6) is 0 Å². The molecule has 0 fully saturated rings. The lowest BCUT2D eigenvalue weighted by Gasteiger charge is -2.09. The van der Waals surface area contributed by atoms with Crippen molar-refractivity contribution in [2.75, 3.05) is 5.75 Å². The van der Waals surface area contributed by atoms with E-state index in [0.29, 0.717) is 17.1 Å². The Hall–Kier alpha value is -2.32. The fraction of sp³-hybridized carbons (Fsp3) is 0.278. The molecule has 1 aromatic carbocycles. The molecule has 0 spiro atoms. The summed E-state index contributed by atoms with van der Waals surface area (Å²) < 4.78 is 0. The highest BCUT2D eigenvalue weighted by atomic mass is 32.2. The predicted octanol–water partition coefficient (Wildman–Crippen LogP) is 3.23. The number of carbonyl (C=O) groups is 1. The van der Waals surface area contributed by atoms with E-state index in [1.54, 1.807) is 0 Å². The molecule has 0 bridgehead atoms. The first-order chi connectivity index (χ1) is 11.1. The molecule has 0 saturated heterocycles. The number of amides is 1. The standard InChI is InChI=1S/C18H19N3OS/c1-3-16-13(2)9-15(10-19)18(21-16)23-12-17(22)20-11-14-7-5-4-6-8-14/h4-9H,3,11-12H2,1-2H3,(H,20,22). The molecule has 2 rings (SSSR count). The first-order valence-electron chi connectivity index (χ1n) is 7.48. The number of thioether (sulfide) groups is 1. The van der Waals surface area contributed by atoms with Crippen LogP contribution in [0.15, 0.2) is 41.4 Å². The second-order valence-electron chi connectivity index (χ2n) is 5.12. The Morgan fingerprint density at radius 3 is 2.74 bits per heavy atom. The van der Waals surface area contributed by atoms with Gasteiger partial charge in [0.15, 0.2) is 0 Å². The van der Waals surface area contributed by atoms with Crippen LogP contribution in [-0.4, -0.2) is 16.6 Å². The average molecular weight is 325 g/mol. The molecule has 0 aliphatic carbocycles. The van der Waals surface area contributed by atoms with Crippen LogP contribution in [0.1, 0.15) is 29.3 Å². The van der Waals surface area contributed by atoms with Crippen LogP contribution in [0.3, 0.4) is 0 Å². The van der Waals surface area contributed by atoms with Crippen LogP contribution in [0, 0.1) is 18.3 Å². The van der Waals surface area contributed by atoms with E-state index in [2.05, 4.69) is 16.4 Å². The zero-order chi connectivity index (χ0) is 16.7. The van der Waals surface area contributed by atoms with Gasteiger partial charge in [-0.3, -0.25) is 4.79 Å². The van der Waals surface area contributed by atoms with Crippen molar-refractivity contribution in [2.24, 2.45) is 0 Å². The fourth-order valence-corrected chi connectivity index (χ4v) is 2.97. The molecule has 0 aliphatic rings. The zero-order valence-electron chi connectivity index (χ0n) is 13.3. The molecule has 0 radical (unpaired) electrons. The maximum atomic E-state index is 12.0. The highest BCUT2D eigenvalue weighted by molar-refractivity contribution is 8.00. The number of nitrogens with zero attached hydrogens (tertiary/aromatic N) is 2. The number of hydrogen-bond donors (Lipinski definition) is 1. The summed E-state index contributed by atoms with van der Waals surface area (Å²) in [4.78, 5) is 16.5. The second kappa shape index (κ2) is 8.35. The number of benzene rings is 1. The van der Waals surface area contributed by atoms with Crippen molar-refractivity contribution in [3.05, 3.63) is 58.8 Å². The summed E-state index contributed by atoms with van der Waals surface area (Å²) in [6, 6.07) is 13.8. The van der Waals surface area contributed by atoms with Gasteiger partial charge in [-0.25, -0.2) is 4.98 Å². The van der Waals surface area contributed by atoms with Gasteiger partial charge in [-0.05, 0) is 30.5 Å². The van der Waals surface area contributed by atoms with Gasteiger partial charge in [0.05, 0.1) is 11.3 Å². The highest BCUT2D eigenvalue weighted by Crippen LogP contribution is 2.22. The molecule has 0 saturated carbocycles. The van der Waals surface area contributed by atoms with Crippen LogP contribution in [0.2, 0.25) is 0 Å². The van der Waals surface area contributed by atoms with Crippen LogP contribution in [-0.2, 0) is 17.8 Å². The molecular weight excluding hydrogens is 306 g/mol. The van der Waals surface area contributed by atoms with Crippen LogP contribution >= 0.6 is 11.8 Å². The molecule has 4 nitrogen and oxygen atoms in total. The number of nitriles is 1. The molecule has 0 aliphatic heterocycles. The number of carbonyl (C=O) groups excluding carboxylic acids is 1. The van der Waals surface area contributed by atoms with Gasteiger partial charge in [0.2, 0.25) is 5.91 Å². The summed E-state index contributed by atoms with van der Waals surface area (Å²) in [6.07, 6.45) is 0.811. The van der Waals surface area contributed by atoms with E-state index in [1.807, 2.05) is 50.2 Å². The van der Waals surface area contributed by atoms with E-state index in [4.69, 9.17) is 0 Å². The third-order valence-corrected chi connectivity index (χ3v) is 4.40. The highest BCUT2D eigenvalue weighted by Gasteiger charge is 2.11. The number of hydrogen-bond acceptors (Lipinski definition) is 4. The number of aromatic nitrogens is 1. The average Bonchev–Trinajstić information content (AvgIpc) is 2.59. The van der Waals surface area contributed by atoms with Crippen molar-refractivity contribution < 1.29 is 4.79 Å². The Kier molecular flexibility index (Phi) is 6.19. The molecule has 2 aromatic rings. The first-order valence-corrected chi connectivity index (χ1v) is 8.46. The molecule has 23 heavy (non-hydrogen) atoms. The molecule has 1 amide bonds. The third-order valence-electron chi connectivity index (χ3n) is 3.41. The fourth-order valence-electron chi connectivity index (χ4n) is 2.16. The lowest BCUT2D eigenvalue weighted by atomic mass is 10.1. The minimum Gasteiger partial charge on any atom is -0.351 e. The summed E-state index contributed by atoms with van der Waals surface area (Å²) in [5.74, 6) is 0.184. The Balaban J connectivity index is 1.95. The van der Waals surface area contributed by atoms with Crippen molar-refractivity contribution in [3.8, 4) is 6.07 Å². The Bertz CT molecular complexity index is 723. The van der Waals surface area contributed by atoms with Crippen molar-refractivity contribution in [1.82, 2.24) is 10.3 Å². The Morgan fingerprint density at radius 2 is 2.09 bits per heavy atom. The summed E-state index contributed by atoms with van der Waals surface area (Å²) in [7, 11) is 0. The summed E-state index contributed by atoms with van der Waals surface area (Å²) in [5.41, 5.74) is 3.57. The topological polar surface area (TPSA) is 65.8 Å². The van der Waals surface area contributed by atoms with Gasteiger partial charge < -0.3 is 5.32 Å². The lowest BCUT2D eigenvalue weighted by molar-refractivity contribution is -0.118. The zero-order valence-corrected chi connectivity index (χ0v) is 14.1. The molecule has 0 atom stereocenters. The second-order valence-corrected chi connectivity index (χ2v) is 6.09. The van der Waals surface area contributed by atoms with Gasteiger partial charge in [0.25, 0.3) is 0 Å². The minimum absolute atomic E-state index is 0.0665. The van der Waals surface area contributed by atoms with Gasteiger partial charge in [-0.2, -0.15) is 5.26 Å². The summed E-state index contributed by atoms with van der Waals surface area (Å²) >= 11 is 1.31. The molecule has 1 heterocycles.